The van der Waals surface area contributed by atoms with Crippen LogP contribution in [0.15, 0.2) is 21.6 Å². The third-order valence-electron chi connectivity index (χ3n) is 4.85. The largest absolute Gasteiger partial charge is 0.465 e. The number of nitrogen functional groups attached to an aromatic ring is 1. The lowest BCUT2D eigenvalue weighted by Crippen LogP contribution is -2.64. The highest BCUT2D eigenvalue weighted by atomic mass is 79.9. The number of hydrogen-bond donors (Lipinski definition) is 3. The maximum atomic E-state index is 13.6. The molecule has 140 valence electrons. The summed E-state index contributed by atoms with van der Waals surface area (Å²) >= 11 is 3.24. The Morgan fingerprint density at radius 3 is 2.60 bits per heavy atom. The van der Waals surface area contributed by atoms with Gasteiger partial charge in [-0.25, -0.2) is 13.7 Å². The first kappa shape index (κ1) is 19.9. The zero-order valence-electron chi connectivity index (χ0n) is 14.7. The van der Waals surface area contributed by atoms with E-state index in [1.165, 1.54) is 12.3 Å². The summed E-state index contributed by atoms with van der Waals surface area (Å²) in [6.07, 6.45) is 0.671. The van der Waals surface area contributed by atoms with Crippen LogP contribution in [-0.2, 0) is 10.0 Å². The molecule has 25 heavy (non-hydrogen) atoms. The topological polar surface area (TPSA) is 122 Å². The van der Waals surface area contributed by atoms with Crippen LogP contribution in [0.3, 0.4) is 0 Å². The first-order chi connectivity index (χ1) is 11.2. The Balaban J connectivity index is 2.64. The van der Waals surface area contributed by atoms with E-state index in [4.69, 9.17) is 10.8 Å². The molecule has 2 atom stereocenters. The average Bonchev–Trinajstić information content (AvgIpc) is 2.79. The van der Waals surface area contributed by atoms with Crippen molar-refractivity contribution in [2.45, 2.75) is 50.1 Å². The molecule has 1 aliphatic heterocycles. The zero-order chi connectivity index (χ0) is 19.3. The van der Waals surface area contributed by atoms with Gasteiger partial charge in [0.15, 0.2) is 4.90 Å². The summed E-state index contributed by atoms with van der Waals surface area (Å²) in [6, 6.07) is 1.45. The minimum Gasteiger partial charge on any atom is -0.465 e. The Morgan fingerprint density at radius 1 is 1.48 bits per heavy atom. The number of quaternary nitrogens is 1. The highest BCUT2D eigenvalue weighted by Gasteiger charge is 2.60. The molecule has 8 nitrogen and oxygen atoms in total. The molecule has 10 heteroatoms. The number of aromatic nitrogens is 1. The molecule has 4 N–H and O–H groups in total. The van der Waals surface area contributed by atoms with Crippen molar-refractivity contribution >= 4 is 37.9 Å². The average molecular weight is 436 g/mol. The van der Waals surface area contributed by atoms with Gasteiger partial charge in [-0.2, -0.15) is 8.42 Å². The number of carbonyl (C=O) groups is 1. The van der Waals surface area contributed by atoms with E-state index < -0.39 is 27.2 Å². The lowest BCUT2D eigenvalue weighted by molar-refractivity contribution is -0.845. The normalized spacial score (nSPS) is 27.2. The maximum Gasteiger partial charge on any atom is 0.405 e. The van der Waals surface area contributed by atoms with Gasteiger partial charge < -0.3 is 16.2 Å². The molecule has 1 aromatic rings. The van der Waals surface area contributed by atoms with Gasteiger partial charge in [-0.3, -0.25) is 0 Å². The summed E-state index contributed by atoms with van der Waals surface area (Å²) in [5, 5.41) is 11.6. The lowest BCUT2D eigenvalue weighted by Gasteiger charge is -2.44. The highest BCUT2D eigenvalue weighted by molar-refractivity contribution is 9.10. The number of anilines is 1. The molecule has 0 radical (unpaired) electrons. The molecule has 0 bridgehead atoms. The van der Waals surface area contributed by atoms with Crippen LogP contribution < -0.4 is 11.1 Å². The van der Waals surface area contributed by atoms with E-state index in [0.29, 0.717) is 10.9 Å². The van der Waals surface area contributed by atoms with Crippen molar-refractivity contribution in [3.05, 3.63) is 16.7 Å². The first-order valence-electron chi connectivity index (χ1n) is 7.79. The molecule has 1 amide bonds. The van der Waals surface area contributed by atoms with Crippen molar-refractivity contribution in [1.82, 2.24) is 10.3 Å². The molecule has 0 saturated carbocycles. The number of amides is 1. The van der Waals surface area contributed by atoms with Crippen LogP contribution in [0.25, 0.3) is 0 Å². The minimum absolute atomic E-state index is 0.0450. The number of carboxylic acid groups (broad SMARTS) is 1. The van der Waals surface area contributed by atoms with Crippen molar-refractivity contribution < 1.29 is 22.2 Å². The zero-order valence-corrected chi connectivity index (χ0v) is 17.1. The fourth-order valence-electron chi connectivity index (χ4n) is 3.47. The molecule has 2 heterocycles. The fraction of sp³-hybridized carbons (Fsp3) is 0.600. The molecule has 0 spiro atoms. The standard InChI is InChI=1S/C15H23BrN4O4S/c1-14(2,3)20(6-5-15(4,9-20)19-13(21)22)25(23,24)11-7-10(16)8-18-12(11)17/h7-8,19H,5-6,9H2,1-4H3,(H2-,17,18,21,22)/p+1. The third kappa shape index (κ3) is 3.34. The Hall–Kier alpha value is -1.39. The van der Waals surface area contributed by atoms with E-state index in [1.807, 2.05) is 20.8 Å². The van der Waals surface area contributed by atoms with Crippen molar-refractivity contribution in [2.24, 2.45) is 0 Å². The molecule has 0 aromatic carbocycles. The van der Waals surface area contributed by atoms with Crippen molar-refractivity contribution in [3.63, 3.8) is 0 Å². The summed E-state index contributed by atoms with van der Waals surface area (Å²) in [5.41, 5.74) is 4.33. The number of rotatable bonds is 3. The molecule has 1 aromatic heterocycles. The predicted octanol–water partition coefficient (Wildman–Crippen LogP) is 2.16. The SMILES string of the molecule is CC1(NC(=O)O)CC[N+](C(C)(C)C)(S(=O)(=O)c2cc(Br)cnc2N)C1. The quantitative estimate of drug-likeness (QED) is 0.625. The van der Waals surface area contributed by atoms with Crippen LogP contribution in [0.5, 0.6) is 0 Å². The first-order valence-corrected chi connectivity index (χ1v) is 10.0. The van der Waals surface area contributed by atoms with E-state index in [0.717, 1.165) is 0 Å². The van der Waals surface area contributed by atoms with Gasteiger partial charge in [0.25, 0.3) is 0 Å². The molecule has 1 fully saturated rings. The van der Waals surface area contributed by atoms with Crippen LogP contribution >= 0.6 is 15.9 Å². The van der Waals surface area contributed by atoms with Crippen LogP contribution in [0.1, 0.15) is 34.1 Å². The Morgan fingerprint density at radius 2 is 2.08 bits per heavy atom. The summed E-state index contributed by atoms with van der Waals surface area (Å²) in [7, 11) is -3.93. The van der Waals surface area contributed by atoms with Gasteiger partial charge >= 0.3 is 16.1 Å². The van der Waals surface area contributed by atoms with Gasteiger partial charge in [0.1, 0.15) is 17.9 Å². The Bertz CT molecular complexity index is 808. The molecule has 2 rings (SSSR count). The number of nitrogens with two attached hydrogens (primary N) is 1. The highest BCUT2D eigenvalue weighted by Crippen LogP contribution is 2.43. The molecule has 2 unspecified atom stereocenters. The van der Waals surface area contributed by atoms with E-state index in [2.05, 4.69) is 26.2 Å². The van der Waals surface area contributed by atoms with E-state index >= 15 is 0 Å². The maximum absolute atomic E-state index is 13.6. The van der Waals surface area contributed by atoms with Gasteiger partial charge in [0, 0.05) is 17.1 Å². The second kappa shape index (κ2) is 6.10. The Kier molecular flexibility index (Phi) is 4.86. The van der Waals surface area contributed by atoms with Crippen LogP contribution in [0, 0.1) is 0 Å². The fourth-order valence-corrected chi connectivity index (χ4v) is 6.43. The number of sulfonamides is 1. The second-order valence-electron chi connectivity index (χ2n) is 7.69. The van der Waals surface area contributed by atoms with Gasteiger partial charge in [-0.05, 0) is 49.7 Å². The van der Waals surface area contributed by atoms with Crippen molar-refractivity contribution in [3.8, 4) is 0 Å². The Labute approximate surface area is 156 Å². The minimum atomic E-state index is -3.93. The number of nitrogens with zero attached hydrogens (tertiary/aromatic N) is 2. The number of halogens is 1. The van der Waals surface area contributed by atoms with E-state index in [-0.39, 0.29) is 27.7 Å². The summed E-state index contributed by atoms with van der Waals surface area (Å²) < 4.78 is 27.4. The molecule has 1 aliphatic rings. The van der Waals surface area contributed by atoms with Gasteiger partial charge in [0.05, 0.1) is 12.1 Å². The molecular weight excluding hydrogens is 412 g/mol. The van der Waals surface area contributed by atoms with E-state index in [9.17, 15) is 13.2 Å². The van der Waals surface area contributed by atoms with Crippen LogP contribution in [0.2, 0.25) is 0 Å². The number of hydrogen-bond acceptors (Lipinski definition) is 5. The molecule has 1 saturated heterocycles. The predicted molar refractivity (Wildman–Crippen MR) is 97.5 cm³/mol. The second-order valence-corrected chi connectivity index (χ2v) is 10.7. The monoisotopic (exact) mass is 435 g/mol. The molecular formula is C15H24BrN4O4S+. The number of nitrogens with one attached hydrogen (secondary N) is 1. The molecule has 0 aliphatic carbocycles. The number of likely N-dealkylation sites (tertiary alicyclic amines) is 1. The summed E-state index contributed by atoms with van der Waals surface area (Å²) in [4.78, 5) is 15.0. The summed E-state index contributed by atoms with van der Waals surface area (Å²) in [6.45, 7) is 7.60. The lowest BCUT2D eigenvalue weighted by atomic mass is 10.0. The van der Waals surface area contributed by atoms with Gasteiger partial charge in [-0.15, -0.1) is 0 Å². The smallest absolute Gasteiger partial charge is 0.405 e. The van der Waals surface area contributed by atoms with Crippen LogP contribution in [-0.4, -0.2) is 52.7 Å². The van der Waals surface area contributed by atoms with E-state index in [1.54, 1.807) is 6.92 Å². The number of pyridine rings is 1. The van der Waals surface area contributed by atoms with Crippen molar-refractivity contribution in [1.29, 1.82) is 0 Å². The van der Waals surface area contributed by atoms with Crippen LogP contribution in [0.4, 0.5) is 10.6 Å². The third-order valence-corrected chi connectivity index (χ3v) is 7.94. The van der Waals surface area contributed by atoms with Gasteiger partial charge in [-0.1, -0.05) is 0 Å². The van der Waals surface area contributed by atoms with Crippen molar-refractivity contribution in [2.75, 3.05) is 18.8 Å². The summed E-state index contributed by atoms with van der Waals surface area (Å²) in [5.74, 6) is -0.0650. The van der Waals surface area contributed by atoms with Gasteiger partial charge in [0.2, 0.25) is 0 Å².